The van der Waals surface area contributed by atoms with E-state index in [4.69, 9.17) is 4.74 Å². The van der Waals surface area contributed by atoms with Crippen molar-refractivity contribution >= 4 is 23.2 Å². The molecule has 0 aliphatic carbocycles. The molecule has 5 heteroatoms. The first-order chi connectivity index (χ1) is 8.49. The third kappa shape index (κ3) is 3.57. The molecule has 0 aromatic carbocycles. The number of carbonyl (C=O) groups is 2. The predicted octanol–water partition coefficient (Wildman–Crippen LogP) is 2.37. The van der Waals surface area contributed by atoms with E-state index in [-0.39, 0.29) is 11.8 Å². The molecular weight excluding hydrogens is 250 g/mol. The van der Waals surface area contributed by atoms with E-state index in [2.05, 4.69) is 5.32 Å². The van der Waals surface area contributed by atoms with Gasteiger partial charge in [-0.2, -0.15) is 0 Å². The lowest BCUT2D eigenvalue weighted by Gasteiger charge is -2.21. The number of methoxy groups -OCH3 is 1. The minimum absolute atomic E-state index is 0.0439. The molecule has 0 aliphatic heterocycles. The van der Waals surface area contributed by atoms with Crippen molar-refractivity contribution in [2.75, 3.05) is 7.11 Å². The lowest BCUT2D eigenvalue weighted by atomic mass is 9.99. The fourth-order valence-corrected chi connectivity index (χ4v) is 2.34. The monoisotopic (exact) mass is 269 g/mol. The van der Waals surface area contributed by atoms with Crippen LogP contribution in [0.2, 0.25) is 0 Å². The van der Waals surface area contributed by atoms with Crippen molar-refractivity contribution in [3.05, 3.63) is 21.9 Å². The van der Waals surface area contributed by atoms with Crippen LogP contribution in [0.1, 0.15) is 34.8 Å². The maximum Gasteiger partial charge on any atom is 0.328 e. The van der Waals surface area contributed by atoms with Gasteiger partial charge in [-0.3, -0.25) is 4.79 Å². The number of nitrogens with one attached hydrogen (secondary N) is 1. The molecule has 0 bridgehead atoms. The van der Waals surface area contributed by atoms with E-state index in [0.29, 0.717) is 4.88 Å². The molecule has 4 nitrogen and oxygen atoms in total. The van der Waals surface area contributed by atoms with Crippen molar-refractivity contribution in [2.24, 2.45) is 5.92 Å². The summed E-state index contributed by atoms with van der Waals surface area (Å²) in [6.07, 6.45) is 0.795. The van der Waals surface area contributed by atoms with E-state index in [1.165, 1.54) is 18.4 Å². The standard InChI is InChI=1S/C13H19NO3S/c1-5-8(2)11(13(16)17-4)14-12(15)10-7-6-9(3)18-10/h6-8,11H,5H2,1-4H3,(H,14,15). The van der Waals surface area contributed by atoms with Crippen LogP contribution in [0.5, 0.6) is 0 Å². The molecule has 0 aliphatic rings. The van der Waals surface area contributed by atoms with Crippen LogP contribution < -0.4 is 5.32 Å². The van der Waals surface area contributed by atoms with Gasteiger partial charge >= 0.3 is 5.97 Å². The number of amides is 1. The number of rotatable bonds is 5. The van der Waals surface area contributed by atoms with E-state index in [9.17, 15) is 9.59 Å². The lowest BCUT2D eigenvalue weighted by molar-refractivity contribution is -0.144. The third-order valence-electron chi connectivity index (χ3n) is 2.92. The molecule has 0 saturated heterocycles. The third-order valence-corrected chi connectivity index (χ3v) is 3.92. The Kier molecular flexibility index (Phi) is 5.34. The molecule has 2 atom stereocenters. The zero-order valence-corrected chi connectivity index (χ0v) is 12.0. The molecule has 1 amide bonds. The van der Waals surface area contributed by atoms with Gasteiger partial charge in [-0.1, -0.05) is 20.3 Å². The van der Waals surface area contributed by atoms with Crippen LogP contribution in [0, 0.1) is 12.8 Å². The first-order valence-corrected chi connectivity index (χ1v) is 6.76. The average Bonchev–Trinajstić information content (AvgIpc) is 2.80. The van der Waals surface area contributed by atoms with Gasteiger partial charge < -0.3 is 10.1 Å². The van der Waals surface area contributed by atoms with E-state index in [1.54, 1.807) is 6.07 Å². The molecule has 0 spiro atoms. The zero-order chi connectivity index (χ0) is 13.7. The summed E-state index contributed by atoms with van der Waals surface area (Å²) >= 11 is 1.41. The number of hydrogen-bond donors (Lipinski definition) is 1. The van der Waals surface area contributed by atoms with E-state index in [0.717, 1.165) is 11.3 Å². The maximum atomic E-state index is 12.0. The van der Waals surface area contributed by atoms with Crippen molar-refractivity contribution in [2.45, 2.75) is 33.2 Å². The van der Waals surface area contributed by atoms with Crippen LogP contribution in [0.15, 0.2) is 12.1 Å². The minimum Gasteiger partial charge on any atom is -0.467 e. The van der Waals surface area contributed by atoms with Crippen molar-refractivity contribution < 1.29 is 14.3 Å². The molecule has 1 aromatic rings. The Hall–Kier alpha value is -1.36. The molecule has 100 valence electrons. The summed E-state index contributed by atoms with van der Waals surface area (Å²) in [5.41, 5.74) is 0. The molecule has 1 aromatic heterocycles. The fraction of sp³-hybridized carbons (Fsp3) is 0.538. The number of carbonyl (C=O) groups excluding carboxylic acids is 2. The summed E-state index contributed by atoms with van der Waals surface area (Å²) < 4.78 is 4.73. The highest BCUT2D eigenvalue weighted by Crippen LogP contribution is 2.16. The van der Waals surface area contributed by atoms with E-state index in [1.807, 2.05) is 26.8 Å². The highest BCUT2D eigenvalue weighted by molar-refractivity contribution is 7.13. The molecule has 0 fully saturated rings. The Morgan fingerprint density at radius 1 is 1.44 bits per heavy atom. The summed E-state index contributed by atoms with van der Waals surface area (Å²) in [6.45, 7) is 5.83. The summed E-state index contributed by atoms with van der Waals surface area (Å²) in [5, 5.41) is 2.74. The number of ether oxygens (including phenoxy) is 1. The number of thiophene rings is 1. The molecular formula is C13H19NO3S. The van der Waals surface area contributed by atoms with Crippen molar-refractivity contribution in [1.29, 1.82) is 0 Å². The number of aryl methyl sites for hydroxylation is 1. The minimum atomic E-state index is -0.588. The fourth-order valence-electron chi connectivity index (χ4n) is 1.57. The highest BCUT2D eigenvalue weighted by Gasteiger charge is 2.27. The van der Waals surface area contributed by atoms with Crippen LogP contribution in [-0.2, 0) is 9.53 Å². The highest BCUT2D eigenvalue weighted by atomic mass is 32.1. The van der Waals surface area contributed by atoms with Crippen LogP contribution in [0.25, 0.3) is 0 Å². The molecule has 1 N–H and O–H groups in total. The Morgan fingerprint density at radius 2 is 2.11 bits per heavy atom. The van der Waals surface area contributed by atoms with Crippen LogP contribution in [0.4, 0.5) is 0 Å². The van der Waals surface area contributed by atoms with Crippen LogP contribution in [-0.4, -0.2) is 25.0 Å². The Balaban J connectivity index is 2.77. The van der Waals surface area contributed by atoms with Crippen molar-refractivity contribution in [3.8, 4) is 0 Å². The van der Waals surface area contributed by atoms with Gasteiger partial charge in [0.2, 0.25) is 0 Å². The van der Waals surface area contributed by atoms with Crippen molar-refractivity contribution in [1.82, 2.24) is 5.32 Å². The number of hydrogen-bond acceptors (Lipinski definition) is 4. The number of esters is 1. The van der Waals surface area contributed by atoms with Gasteiger partial charge in [-0.15, -0.1) is 11.3 Å². The Labute approximate surface area is 111 Å². The quantitative estimate of drug-likeness (QED) is 0.835. The summed E-state index contributed by atoms with van der Waals surface area (Å²) in [7, 11) is 1.33. The maximum absolute atomic E-state index is 12.0. The normalized spacial score (nSPS) is 13.8. The van der Waals surface area contributed by atoms with Gasteiger partial charge in [0.05, 0.1) is 12.0 Å². The van der Waals surface area contributed by atoms with Gasteiger partial charge in [-0.05, 0) is 25.0 Å². The SMILES string of the molecule is CCC(C)C(NC(=O)c1ccc(C)s1)C(=O)OC. The smallest absolute Gasteiger partial charge is 0.328 e. The second-order valence-electron chi connectivity index (χ2n) is 4.27. The zero-order valence-electron chi connectivity index (χ0n) is 11.1. The summed E-state index contributed by atoms with van der Waals surface area (Å²) in [4.78, 5) is 25.3. The summed E-state index contributed by atoms with van der Waals surface area (Å²) in [6, 6.07) is 3.06. The molecule has 0 saturated carbocycles. The summed E-state index contributed by atoms with van der Waals surface area (Å²) in [5.74, 6) is -0.572. The second-order valence-corrected chi connectivity index (χ2v) is 5.56. The van der Waals surface area contributed by atoms with Crippen LogP contribution in [0.3, 0.4) is 0 Å². The molecule has 1 heterocycles. The largest absolute Gasteiger partial charge is 0.467 e. The van der Waals surface area contributed by atoms with Gasteiger partial charge in [0.25, 0.3) is 5.91 Å². The first kappa shape index (κ1) is 14.7. The Morgan fingerprint density at radius 3 is 2.56 bits per heavy atom. The lowest BCUT2D eigenvalue weighted by Crippen LogP contribution is -2.45. The van der Waals surface area contributed by atoms with Crippen LogP contribution >= 0.6 is 11.3 Å². The first-order valence-electron chi connectivity index (χ1n) is 5.94. The Bertz CT molecular complexity index is 428. The van der Waals surface area contributed by atoms with E-state index < -0.39 is 12.0 Å². The van der Waals surface area contributed by atoms with Crippen molar-refractivity contribution in [3.63, 3.8) is 0 Å². The molecule has 2 unspecified atom stereocenters. The van der Waals surface area contributed by atoms with Gasteiger partial charge in [0, 0.05) is 4.88 Å². The molecule has 1 rings (SSSR count). The van der Waals surface area contributed by atoms with Gasteiger partial charge in [-0.25, -0.2) is 4.79 Å². The van der Waals surface area contributed by atoms with E-state index >= 15 is 0 Å². The topological polar surface area (TPSA) is 55.4 Å². The predicted molar refractivity (Wildman–Crippen MR) is 71.8 cm³/mol. The van der Waals surface area contributed by atoms with Gasteiger partial charge in [0.1, 0.15) is 6.04 Å². The second kappa shape index (κ2) is 6.54. The average molecular weight is 269 g/mol. The molecule has 18 heavy (non-hydrogen) atoms. The molecule has 0 radical (unpaired) electrons. The van der Waals surface area contributed by atoms with Gasteiger partial charge in [0.15, 0.2) is 0 Å².